The van der Waals surface area contributed by atoms with Crippen molar-refractivity contribution in [2.45, 2.75) is 25.8 Å². The molecule has 2 aromatic carbocycles. The van der Waals surface area contributed by atoms with Gasteiger partial charge in [0.25, 0.3) is 0 Å². The van der Waals surface area contributed by atoms with Crippen LogP contribution in [0.1, 0.15) is 31.4 Å². The van der Waals surface area contributed by atoms with Crippen molar-refractivity contribution in [3.05, 3.63) is 54.1 Å². The van der Waals surface area contributed by atoms with Crippen LogP contribution in [-0.4, -0.2) is 26.0 Å². The van der Waals surface area contributed by atoms with Gasteiger partial charge in [-0.05, 0) is 24.6 Å². The summed E-state index contributed by atoms with van der Waals surface area (Å²) < 4.78 is 10.4. The molecule has 2 N–H and O–H groups in total. The maximum atomic E-state index is 12.2. The number of rotatable bonds is 8. The standard InChI is InChI=1S/C20H24N2O4/c1-14(15-7-5-4-6-8-15)21-19(23)11-12-20(24)22-17-13-16(25-2)9-10-18(17)26-3/h4-10,13-14H,11-12H2,1-3H3,(H,21,23)(H,22,24). The van der Waals surface area contributed by atoms with E-state index < -0.39 is 0 Å². The molecule has 1 unspecified atom stereocenters. The number of benzene rings is 2. The number of methoxy groups -OCH3 is 2. The lowest BCUT2D eigenvalue weighted by Crippen LogP contribution is -2.27. The Bertz CT molecular complexity index is 747. The van der Waals surface area contributed by atoms with E-state index in [-0.39, 0.29) is 30.7 Å². The van der Waals surface area contributed by atoms with Gasteiger partial charge < -0.3 is 20.1 Å². The van der Waals surface area contributed by atoms with E-state index in [1.54, 1.807) is 25.3 Å². The van der Waals surface area contributed by atoms with E-state index in [2.05, 4.69) is 10.6 Å². The topological polar surface area (TPSA) is 76.7 Å². The molecule has 0 saturated heterocycles. The van der Waals surface area contributed by atoms with Gasteiger partial charge in [0.1, 0.15) is 11.5 Å². The Kier molecular flexibility index (Phi) is 7.02. The molecule has 0 aliphatic rings. The molecule has 26 heavy (non-hydrogen) atoms. The highest BCUT2D eigenvalue weighted by atomic mass is 16.5. The molecule has 0 bridgehead atoms. The molecule has 0 heterocycles. The van der Waals surface area contributed by atoms with Gasteiger partial charge in [-0.25, -0.2) is 0 Å². The highest BCUT2D eigenvalue weighted by Crippen LogP contribution is 2.29. The normalized spacial score (nSPS) is 11.3. The molecular weight excluding hydrogens is 332 g/mol. The van der Waals surface area contributed by atoms with Crippen molar-refractivity contribution >= 4 is 17.5 Å². The summed E-state index contributed by atoms with van der Waals surface area (Å²) in [6.45, 7) is 1.91. The van der Waals surface area contributed by atoms with Crippen LogP contribution in [0.15, 0.2) is 48.5 Å². The van der Waals surface area contributed by atoms with Crippen molar-refractivity contribution in [1.82, 2.24) is 5.32 Å². The van der Waals surface area contributed by atoms with E-state index in [0.717, 1.165) is 5.56 Å². The number of hydrogen-bond donors (Lipinski definition) is 2. The van der Waals surface area contributed by atoms with Crippen molar-refractivity contribution < 1.29 is 19.1 Å². The summed E-state index contributed by atoms with van der Waals surface area (Å²) >= 11 is 0. The van der Waals surface area contributed by atoms with Crippen LogP contribution in [0, 0.1) is 0 Å². The summed E-state index contributed by atoms with van der Waals surface area (Å²) in [7, 11) is 3.07. The predicted molar refractivity (Wildman–Crippen MR) is 100 cm³/mol. The van der Waals surface area contributed by atoms with Crippen LogP contribution < -0.4 is 20.1 Å². The van der Waals surface area contributed by atoms with Gasteiger partial charge in [-0.1, -0.05) is 30.3 Å². The molecule has 2 rings (SSSR count). The van der Waals surface area contributed by atoms with Crippen molar-refractivity contribution in [2.24, 2.45) is 0 Å². The van der Waals surface area contributed by atoms with Crippen LogP contribution in [0.4, 0.5) is 5.69 Å². The monoisotopic (exact) mass is 356 g/mol. The minimum atomic E-state index is -0.265. The van der Waals surface area contributed by atoms with Crippen LogP contribution in [0.25, 0.3) is 0 Å². The number of amides is 2. The predicted octanol–water partition coefficient (Wildman–Crippen LogP) is 3.30. The average molecular weight is 356 g/mol. The fourth-order valence-electron chi connectivity index (χ4n) is 2.49. The van der Waals surface area contributed by atoms with E-state index in [4.69, 9.17) is 9.47 Å². The van der Waals surface area contributed by atoms with Gasteiger partial charge in [0.15, 0.2) is 0 Å². The number of ether oxygens (including phenoxy) is 2. The second kappa shape index (κ2) is 9.46. The Morgan fingerprint density at radius 2 is 1.65 bits per heavy atom. The van der Waals surface area contributed by atoms with Gasteiger partial charge in [0.2, 0.25) is 11.8 Å². The van der Waals surface area contributed by atoms with E-state index in [9.17, 15) is 9.59 Å². The second-order valence-electron chi connectivity index (χ2n) is 5.81. The maximum absolute atomic E-state index is 12.2. The fourth-order valence-corrected chi connectivity index (χ4v) is 2.49. The smallest absolute Gasteiger partial charge is 0.224 e. The van der Waals surface area contributed by atoms with Gasteiger partial charge >= 0.3 is 0 Å². The van der Waals surface area contributed by atoms with Crippen molar-refractivity contribution in [1.29, 1.82) is 0 Å². The van der Waals surface area contributed by atoms with Crippen LogP contribution in [-0.2, 0) is 9.59 Å². The molecule has 2 amide bonds. The highest BCUT2D eigenvalue weighted by Gasteiger charge is 2.13. The Balaban J connectivity index is 1.86. The number of hydrogen-bond acceptors (Lipinski definition) is 4. The first-order valence-corrected chi connectivity index (χ1v) is 8.39. The van der Waals surface area contributed by atoms with Crippen molar-refractivity contribution in [3.63, 3.8) is 0 Å². The highest BCUT2D eigenvalue weighted by molar-refractivity contribution is 5.94. The molecule has 0 aromatic heterocycles. The SMILES string of the molecule is COc1ccc(OC)c(NC(=O)CCC(=O)NC(C)c2ccccc2)c1. The lowest BCUT2D eigenvalue weighted by atomic mass is 10.1. The maximum Gasteiger partial charge on any atom is 0.224 e. The van der Waals surface area contributed by atoms with E-state index >= 15 is 0 Å². The molecule has 6 nitrogen and oxygen atoms in total. The Labute approximate surface area is 153 Å². The van der Waals surface area contributed by atoms with Crippen molar-refractivity contribution in [2.75, 3.05) is 19.5 Å². The van der Waals surface area contributed by atoms with Crippen molar-refractivity contribution in [3.8, 4) is 11.5 Å². The summed E-state index contributed by atoms with van der Waals surface area (Å²) in [6.07, 6.45) is 0.184. The molecule has 0 saturated carbocycles. The second-order valence-corrected chi connectivity index (χ2v) is 5.81. The molecule has 6 heteroatoms. The first-order chi connectivity index (χ1) is 12.5. The first kappa shape index (κ1) is 19.3. The Morgan fingerprint density at radius 3 is 2.31 bits per heavy atom. The van der Waals surface area contributed by atoms with Crippen LogP contribution in [0.2, 0.25) is 0 Å². The molecule has 2 aromatic rings. The number of anilines is 1. The van der Waals surface area contributed by atoms with Gasteiger partial charge in [-0.3, -0.25) is 9.59 Å². The fraction of sp³-hybridized carbons (Fsp3) is 0.300. The van der Waals surface area contributed by atoms with Gasteiger partial charge in [0.05, 0.1) is 25.9 Å². The zero-order valence-electron chi connectivity index (χ0n) is 15.2. The zero-order valence-corrected chi connectivity index (χ0v) is 15.2. The van der Waals surface area contributed by atoms with E-state index in [1.165, 1.54) is 7.11 Å². The third kappa shape index (κ3) is 5.51. The Hall–Kier alpha value is -3.02. The summed E-state index contributed by atoms with van der Waals surface area (Å²) in [5.41, 5.74) is 1.53. The lowest BCUT2D eigenvalue weighted by molar-refractivity contribution is -0.124. The number of carbonyl (C=O) groups excluding carboxylic acids is 2. The molecule has 0 fully saturated rings. The largest absolute Gasteiger partial charge is 0.497 e. The molecule has 0 radical (unpaired) electrons. The summed E-state index contributed by atoms with van der Waals surface area (Å²) in [6, 6.07) is 14.7. The van der Waals surface area contributed by atoms with E-state index in [1.807, 2.05) is 37.3 Å². The summed E-state index contributed by atoms with van der Waals surface area (Å²) in [4.78, 5) is 24.2. The summed E-state index contributed by atoms with van der Waals surface area (Å²) in [5, 5.41) is 5.65. The number of carbonyl (C=O) groups is 2. The van der Waals surface area contributed by atoms with Crippen LogP contribution >= 0.6 is 0 Å². The van der Waals surface area contributed by atoms with Crippen LogP contribution in [0.5, 0.6) is 11.5 Å². The summed E-state index contributed by atoms with van der Waals surface area (Å²) in [5.74, 6) is 0.699. The lowest BCUT2D eigenvalue weighted by Gasteiger charge is -2.14. The van der Waals surface area contributed by atoms with Gasteiger partial charge in [0, 0.05) is 18.9 Å². The van der Waals surface area contributed by atoms with E-state index in [0.29, 0.717) is 17.2 Å². The molecule has 0 aliphatic carbocycles. The quantitative estimate of drug-likeness (QED) is 0.761. The average Bonchev–Trinajstić information content (AvgIpc) is 2.67. The molecule has 0 aliphatic heterocycles. The first-order valence-electron chi connectivity index (χ1n) is 8.39. The minimum Gasteiger partial charge on any atom is -0.497 e. The van der Waals surface area contributed by atoms with Gasteiger partial charge in [-0.2, -0.15) is 0 Å². The number of nitrogens with one attached hydrogen (secondary N) is 2. The molecule has 0 spiro atoms. The third-order valence-corrected chi connectivity index (χ3v) is 3.94. The molecular formula is C20H24N2O4. The van der Waals surface area contributed by atoms with Crippen LogP contribution in [0.3, 0.4) is 0 Å². The molecule has 138 valence electrons. The molecule has 1 atom stereocenters. The van der Waals surface area contributed by atoms with Gasteiger partial charge in [-0.15, -0.1) is 0 Å². The minimum absolute atomic E-state index is 0.0771. The Morgan fingerprint density at radius 1 is 0.962 bits per heavy atom. The third-order valence-electron chi connectivity index (χ3n) is 3.94. The zero-order chi connectivity index (χ0) is 18.9.